The molecule has 0 heterocycles. The van der Waals surface area contributed by atoms with Gasteiger partial charge in [-0.15, -0.1) is 0 Å². The highest BCUT2D eigenvalue weighted by atomic mass is 16.3. The Kier molecular flexibility index (Phi) is 3.41. The van der Waals surface area contributed by atoms with Crippen LogP contribution in [-0.4, -0.2) is 24.3 Å². The highest BCUT2D eigenvalue weighted by Gasteiger charge is 2.17. The molecule has 0 amide bonds. The lowest BCUT2D eigenvalue weighted by Crippen LogP contribution is -2.36. The summed E-state index contributed by atoms with van der Waals surface area (Å²) < 4.78 is 0. The van der Waals surface area contributed by atoms with Crippen LogP contribution in [0.3, 0.4) is 0 Å². The zero-order valence-corrected chi connectivity index (χ0v) is 9.86. The van der Waals surface area contributed by atoms with Gasteiger partial charge in [-0.25, -0.2) is 0 Å². The molecule has 1 aromatic carbocycles. The average molecular weight is 219 g/mol. The Morgan fingerprint density at radius 3 is 2.56 bits per heavy atom. The molecule has 0 saturated carbocycles. The van der Waals surface area contributed by atoms with Gasteiger partial charge in [-0.2, -0.15) is 5.26 Å². The molecular weight excluding hydrogens is 202 g/mol. The van der Waals surface area contributed by atoms with Crippen LogP contribution in [0.2, 0.25) is 0 Å². The summed E-state index contributed by atoms with van der Waals surface area (Å²) >= 11 is 0. The van der Waals surface area contributed by atoms with Crippen molar-refractivity contribution in [2.75, 3.05) is 24.2 Å². The van der Waals surface area contributed by atoms with Crippen molar-refractivity contribution in [1.82, 2.24) is 0 Å². The second-order valence-corrected chi connectivity index (χ2v) is 4.55. The van der Waals surface area contributed by atoms with Gasteiger partial charge in [0.2, 0.25) is 0 Å². The van der Waals surface area contributed by atoms with Crippen molar-refractivity contribution in [1.29, 1.82) is 5.26 Å². The summed E-state index contributed by atoms with van der Waals surface area (Å²) in [5.74, 6) is 0. The van der Waals surface area contributed by atoms with E-state index in [-0.39, 0.29) is 0 Å². The first-order chi connectivity index (χ1) is 7.33. The molecule has 0 aliphatic carbocycles. The van der Waals surface area contributed by atoms with Crippen molar-refractivity contribution in [2.45, 2.75) is 19.4 Å². The molecule has 0 radical (unpaired) electrons. The molecule has 0 aromatic heterocycles. The monoisotopic (exact) mass is 219 g/mol. The fraction of sp³-hybridized carbons (Fsp3) is 0.417. The third kappa shape index (κ3) is 3.14. The highest BCUT2D eigenvalue weighted by Crippen LogP contribution is 2.24. The van der Waals surface area contributed by atoms with Gasteiger partial charge in [-0.1, -0.05) is 0 Å². The number of likely N-dealkylation sites (N-methyl/N-ethyl adjacent to an activating group) is 1. The normalized spacial score (nSPS) is 10.9. The number of nitrogen functional groups attached to an aromatic ring is 1. The zero-order chi connectivity index (χ0) is 12.3. The average Bonchev–Trinajstić information content (AvgIpc) is 2.14. The number of aliphatic hydroxyl groups is 1. The highest BCUT2D eigenvalue weighted by molar-refractivity contribution is 5.69. The van der Waals surface area contributed by atoms with E-state index in [4.69, 9.17) is 11.0 Å². The maximum atomic E-state index is 9.71. The summed E-state index contributed by atoms with van der Waals surface area (Å²) in [7, 11) is 1.86. The number of nitrogens with zero attached hydrogens (tertiary/aromatic N) is 2. The number of hydrogen-bond donors (Lipinski definition) is 2. The van der Waals surface area contributed by atoms with Crippen LogP contribution >= 0.6 is 0 Å². The molecule has 0 saturated heterocycles. The fourth-order valence-electron chi connectivity index (χ4n) is 1.64. The van der Waals surface area contributed by atoms with Crippen LogP contribution in [0.15, 0.2) is 18.2 Å². The molecule has 0 bridgehead atoms. The van der Waals surface area contributed by atoms with Crippen molar-refractivity contribution in [3.05, 3.63) is 23.8 Å². The van der Waals surface area contributed by atoms with Gasteiger partial charge >= 0.3 is 0 Å². The van der Waals surface area contributed by atoms with Crippen LogP contribution < -0.4 is 10.6 Å². The Morgan fingerprint density at radius 2 is 2.12 bits per heavy atom. The molecule has 86 valence electrons. The van der Waals surface area contributed by atoms with Crippen molar-refractivity contribution in [2.24, 2.45) is 0 Å². The van der Waals surface area contributed by atoms with Gasteiger partial charge in [-0.05, 0) is 32.0 Å². The summed E-state index contributed by atoms with van der Waals surface area (Å²) in [4.78, 5) is 1.87. The van der Waals surface area contributed by atoms with Gasteiger partial charge in [0.15, 0.2) is 0 Å². The predicted octanol–water partition coefficient (Wildman–Crippen LogP) is 1.35. The third-order valence-corrected chi connectivity index (χ3v) is 2.19. The smallest absolute Gasteiger partial charge is 0.0992 e. The van der Waals surface area contributed by atoms with Gasteiger partial charge in [-0.3, -0.25) is 0 Å². The minimum atomic E-state index is -0.783. The Labute approximate surface area is 95.9 Å². The molecule has 0 aliphatic rings. The number of nitrogens with two attached hydrogens (primary N) is 1. The maximum Gasteiger partial charge on any atom is 0.0992 e. The van der Waals surface area contributed by atoms with Crippen LogP contribution in [-0.2, 0) is 0 Å². The van der Waals surface area contributed by atoms with Gasteiger partial charge < -0.3 is 15.7 Å². The maximum absolute atomic E-state index is 9.71. The van der Waals surface area contributed by atoms with Crippen molar-refractivity contribution in [3.63, 3.8) is 0 Å². The van der Waals surface area contributed by atoms with E-state index in [9.17, 15) is 5.11 Å². The van der Waals surface area contributed by atoms with Gasteiger partial charge in [0.1, 0.15) is 0 Å². The van der Waals surface area contributed by atoms with E-state index in [0.717, 1.165) is 5.69 Å². The van der Waals surface area contributed by atoms with Crippen LogP contribution in [0.1, 0.15) is 19.4 Å². The number of benzene rings is 1. The molecule has 0 fully saturated rings. The minimum Gasteiger partial charge on any atom is -0.397 e. The number of rotatable bonds is 3. The SMILES string of the molecule is CN(CC(C)(C)O)c1ccc(C#N)cc1N. The molecule has 0 unspecified atom stereocenters. The van der Waals surface area contributed by atoms with Gasteiger partial charge in [0, 0.05) is 13.6 Å². The molecule has 16 heavy (non-hydrogen) atoms. The van der Waals surface area contributed by atoms with Crippen molar-refractivity contribution < 1.29 is 5.11 Å². The van der Waals surface area contributed by atoms with E-state index in [0.29, 0.717) is 17.8 Å². The first-order valence-electron chi connectivity index (χ1n) is 5.06. The quantitative estimate of drug-likeness (QED) is 0.752. The van der Waals surface area contributed by atoms with Crippen LogP contribution in [0.25, 0.3) is 0 Å². The standard InChI is InChI=1S/C12H17N3O/c1-12(2,16)8-15(3)11-5-4-9(7-13)6-10(11)14/h4-6,16H,8,14H2,1-3H3. The summed E-state index contributed by atoms with van der Waals surface area (Å²) in [6.45, 7) is 3.95. The molecule has 0 spiro atoms. The van der Waals surface area contributed by atoms with Crippen molar-refractivity contribution in [3.8, 4) is 6.07 Å². The number of nitriles is 1. The van der Waals surface area contributed by atoms with Crippen LogP contribution in [0.4, 0.5) is 11.4 Å². The first kappa shape index (κ1) is 12.3. The van der Waals surface area contributed by atoms with E-state index < -0.39 is 5.60 Å². The molecule has 1 aromatic rings. The lowest BCUT2D eigenvalue weighted by Gasteiger charge is -2.28. The molecule has 1 rings (SSSR count). The number of anilines is 2. The molecular formula is C12H17N3O. The second-order valence-electron chi connectivity index (χ2n) is 4.55. The zero-order valence-electron chi connectivity index (χ0n) is 9.86. The molecule has 3 N–H and O–H groups in total. The summed E-state index contributed by atoms with van der Waals surface area (Å²) in [5.41, 5.74) is 6.97. The van der Waals surface area contributed by atoms with E-state index in [1.54, 1.807) is 32.0 Å². The van der Waals surface area contributed by atoms with Crippen LogP contribution in [0.5, 0.6) is 0 Å². The van der Waals surface area contributed by atoms with Crippen LogP contribution in [0, 0.1) is 11.3 Å². The molecule has 4 heteroatoms. The third-order valence-electron chi connectivity index (χ3n) is 2.19. The van der Waals surface area contributed by atoms with E-state index in [2.05, 4.69) is 0 Å². The lowest BCUT2D eigenvalue weighted by molar-refractivity contribution is 0.0886. The van der Waals surface area contributed by atoms with E-state index >= 15 is 0 Å². The Hall–Kier alpha value is -1.73. The first-order valence-corrected chi connectivity index (χ1v) is 5.06. The molecule has 4 nitrogen and oxygen atoms in total. The van der Waals surface area contributed by atoms with Gasteiger partial charge in [0.25, 0.3) is 0 Å². The fourth-order valence-corrected chi connectivity index (χ4v) is 1.64. The van der Waals surface area contributed by atoms with E-state index in [1.807, 2.05) is 18.0 Å². The minimum absolute atomic E-state index is 0.475. The van der Waals surface area contributed by atoms with Crippen molar-refractivity contribution >= 4 is 11.4 Å². The molecule has 0 aliphatic heterocycles. The Morgan fingerprint density at radius 1 is 1.50 bits per heavy atom. The Bertz CT molecular complexity index is 415. The topological polar surface area (TPSA) is 73.3 Å². The number of hydrogen-bond acceptors (Lipinski definition) is 4. The summed E-state index contributed by atoms with van der Waals surface area (Å²) in [5, 5.41) is 18.4. The second kappa shape index (κ2) is 4.42. The largest absolute Gasteiger partial charge is 0.397 e. The lowest BCUT2D eigenvalue weighted by atomic mass is 10.1. The van der Waals surface area contributed by atoms with E-state index in [1.165, 1.54) is 0 Å². The van der Waals surface area contributed by atoms with Gasteiger partial charge in [0.05, 0.1) is 28.6 Å². The summed E-state index contributed by atoms with van der Waals surface area (Å²) in [6, 6.07) is 7.18. The molecule has 0 atom stereocenters. The Balaban J connectivity index is 2.93. The predicted molar refractivity (Wildman–Crippen MR) is 65.1 cm³/mol. The summed E-state index contributed by atoms with van der Waals surface area (Å²) in [6.07, 6.45) is 0.